The summed E-state index contributed by atoms with van der Waals surface area (Å²) in [6, 6.07) is 7.94. The lowest BCUT2D eigenvalue weighted by atomic mass is 10.0. The summed E-state index contributed by atoms with van der Waals surface area (Å²) in [4.78, 5) is 14.6. The number of nitrogens with two attached hydrogens (primary N) is 1. The van der Waals surface area contributed by atoms with Gasteiger partial charge >= 0.3 is 0 Å². The maximum absolute atomic E-state index is 12.8. The van der Waals surface area contributed by atoms with Crippen LogP contribution in [0.2, 0.25) is 0 Å². The van der Waals surface area contributed by atoms with E-state index in [4.69, 9.17) is 5.73 Å². The SMILES string of the molecule is NCCc1ccccc1C(=O)N(CCO)C1CCCC1. The van der Waals surface area contributed by atoms with Crippen molar-refractivity contribution in [3.05, 3.63) is 35.4 Å². The fourth-order valence-electron chi connectivity index (χ4n) is 3.03. The standard InChI is InChI=1S/C16H24N2O2/c17-10-9-13-5-1-4-8-15(13)16(20)18(11-12-19)14-6-2-3-7-14/h1,4-5,8,14,19H,2-3,6-7,9-12,17H2. The number of carbonyl (C=O) groups is 1. The molecule has 1 aliphatic carbocycles. The second-order valence-electron chi connectivity index (χ2n) is 5.36. The fraction of sp³-hybridized carbons (Fsp3) is 0.562. The lowest BCUT2D eigenvalue weighted by Crippen LogP contribution is -2.41. The maximum Gasteiger partial charge on any atom is 0.254 e. The molecule has 110 valence electrons. The molecule has 0 bridgehead atoms. The van der Waals surface area contributed by atoms with Crippen molar-refractivity contribution in [2.75, 3.05) is 19.7 Å². The van der Waals surface area contributed by atoms with Crippen molar-refractivity contribution < 1.29 is 9.90 Å². The molecule has 0 unspecified atom stereocenters. The molecule has 20 heavy (non-hydrogen) atoms. The molecule has 0 saturated heterocycles. The van der Waals surface area contributed by atoms with Gasteiger partial charge in [-0.05, 0) is 37.4 Å². The molecule has 1 aromatic rings. The molecule has 1 amide bonds. The molecule has 0 aromatic heterocycles. The van der Waals surface area contributed by atoms with Gasteiger partial charge in [0.05, 0.1) is 6.61 Å². The van der Waals surface area contributed by atoms with Crippen LogP contribution in [0.5, 0.6) is 0 Å². The van der Waals surface area contributed by atoms with Crippen LogP contribution in [0, 0.1) is 0 Å². The summed E-state index contributed by atoms with van der Waals surface area (Å²) >= 11 is 0. The summed E-state index contributed by atoms with van der Waals surface area (Å²) in [6.45, 7) is 0.968. The molecule has 0 aliphatic heterocycles. The van der Waals surface area contributed by atoms with Crippen LogP contribution in [-0.4, -0.2) is 41.7 Å². The lowest BCUT2D eigenvalue weighted by Gasteiger charge is -2.29. The number of hydrogen-bond acceptors (Lipinski definition) is 3. The molecule has 1 aromatic carbocycles. The summed E-state index contributed by atoms with van der Waals surface area (Å²) in [5, 5.41) is 9.25. The molecular weight excluding hydrogens is 252 g/mol. The van der Waals surface area contributed by atoms with Crippen molar-refractivity contribution in [2.24, 2.45) is 5.73 Å². The van der Waals surface area contributed by atoms with Crippen LogP contribution in [0.1, 0.15) is 41.6 Å². The molecular formula is C16H24N2O2. The molecule has 0 spiro atoms. The number of aliphatic hydroxyl groups excluding tert-OH is 1. The minimum Gasteiger partial charge on any atom is -0.395 e. The molecule has 4 heteroatoms. The molecule has 1 saturated carbocycles. The number of benzene rings is 1. The zero-order chi connectivity index (χ0) is 14.4. The number of rotatable bonds is 6. The molecule has 0 radical (unpaired) electrons. The molecule has 1 aliphatic rings. The highest BCUT2D eigenvalue weighted by Gasteiger charge is 2.27. The van der Waals surface area contributed by atoms with Crippen LogP contribution in [0.4, 0.5) is 0 Å². The zero-order valence-corrected chi connectivity index (χ0v) is 11.9. The van der Waals surface area contributed by atoms with E-state index in [0.717, 1.165) is 24.0 Å². The first-order valence-corrected chi connectivity index (χ1v) is 7.47. The van der Waals surface area contributed by atoms with E-state index in [1.807, 2.05) is 29.2 Å². The molecule has 0 atom stereocenters. The van der Waals surface area contributed by atoms with Crippen molar-refractivity contribution in [1.29, 1.82) is 0 Å². The summed E-state index contributed by atoms with van der Waals surface area (Å²) in [5.41, 5.74) is 7.36. The Morgan fingerprint density at radius 1 is 1.30 bits per heavy atom. The average Bonchev–Trinajstić information content (AvgIpc) is 2.99. The van der Waals surface area contributed by atoms with Crippen LogP contribution in [0.15, 0.2) is 24.3 Å². The molecule has 1 fully saturated rings. The molecule has 3 N–H and O–H groups in total. The summed E-state index contributed by atoms with van der Waals surface area (Å²) < 4.78 is 0. The normalized spacial score (nSPS) is 15.5. The van der Waals surface area contributed by atoms with Gasteiger partial charge in [0.25, 0.3) is 5.91 Å². The second kappa shape index (κ2) is 7.41. The smallest absolute Gasteiger partial charge is 0.254 e. The van der Waals surface area contributed by atoms with Crippen molar-refractivity contribution >= 4 is 5.91 Å². The Labute approximate surface area is 120 Å². The van der Waals surface area contributed by atoms with E-state index in [0.29, 0.717) is 19.5 Å². The Hall–Kier alpha value is -1.39. The van der Waals surface area contributed by atoms with E-state index >= 15 is 0 Å². The van der Waals surface area contributed by atoms with Crippen molar-refractivity contribution in [3.63, 3.8) is 0 Å². The van der Waals surface area contributed by atoms with Gasteiger partial charge in [-0.15, -0.1) is 0 Å². The third kappa shape index (κ3) is 3.38. The van der Waals surface area contributed by atoms with Crippen molar-refractivity contribution in [1.82, 2.24) is 4.90 Å². The van der Waals surface area contributed by atoms with Crippen LogP contribution >= 0.6 is 0 Å². The van der Waals surface area contributed by atoms with Gasteiger partial charge in [-0.2, -0.15) is 0 Å². The van der Waals surface area contributed by atoms with E-state index in [1.54, 1.807) is 0 Å². The Morgan fingerprint density at radius 3 is 2.65 bits per heavy atom. The summed E-state index contributed by atoms with van der Waals surface area (Å²) in [7, 11) is 0. The second-order valence-corrected chi connectivity index (χ2v) is 5.36. The fourth-order valence-corrected chi connectivity index (χ4v) is 3.03. The molecule has 4 nitrogen and oxygen atoms in total. The van der Waals surface area contributed by atoms with Gasteiger partial charge in [0.2, 0.25) is 0 Å². The zero-order valence-electron chi connectivity index (χ0n) is 11.9. The first-order chi connectivity index (χ1) is 9.77. The summed E-state index contributed by atoms with van der Waals surface area (Å²) in [6.07, 6.45) is 5.14. The van der Waals surface area contributed by atoms with Gasteiger partial charge in [0, 0.05) is 18.2 Å². The van der Waals surface area contributed by atoms with Gasteiger partial charge < -0.3 is 15.7 Å². The minimum absolute atomic E-state index is 0.0152. The van der Waals surface area contributed by atoms with Crippen LogP contribution < -0.4 is 5.73 Å². The Morgan fingerprint density at radius 2 is 2.00 bits per heavy atom. The van der Waals surface area contributed by atoms with Gasteiger partial charge in [-0.3, -0.25) is 4.79 Å². The van der Waals surface area contributed by atoms with Gasteiger partial charge in [-0.25, -0.2) is 0 Å². The number of aliphatic hydroxyl groups is 1. The number of nitrogens with zero attached hydrogens (tertiary/aromatic N) is 1. The number of carbonyl (C=O) groups excluding carboxylic acids is 1. The van der Waals surface area contributed by atoms with E-state index in [1.165, 1.54) is 12.8 Å². The van der Waals surface area contributed by atoms with Gasteiger partial charge in [0.15, 0.2) is 0 Å². The monoisotopic (exact) mass is 276 g/mol. The Kier molecular flexibility index (Phi) is 5.56. The van der Waals surface area contributed by atoms with Crippen molar-refractivity contribution in [3.8, 4) is 0 Å². The largest absolute Gasteiger partial charge is 0.395 e. The quantitative estimate of drug-likeness (QED) is 0.828. The molecule has 2 rings (SSSR count). The Bertz CT molecular complexity index is 442. The van der Waals surface area contributed by atoms with E-state index in [2.05, 4.69) is 0 Å². The Balaban J connectivity index is 2.22. The molecule has 0 heterocycles. The van der Waals surface area contributed by atoms with Crippen molar-refractivity contribution in [2.45, 2.75) is 38.1 Å². The highest BCUT2D eigenvalue weighted by molar-refractivity contribution is 5.96. The van der Waals surface area contributed by atoms with Crippen LogP contribution in [0.3, 0.4) is 0 Å². The minimum atomic E-state index is 0.0152. The topological polar surface area (TPSA) is 66.6 Å². The van der Waals surface area contributed by atoms with E-state index < -0.39 is 0 Å². The van der Waals surface area contributed by atoms with Crippen LogP contribution in [-0.2, 0) is 6.42 Å². The van der Waals surface area contributed by atoms with Crippen LogP contribution in [0.25, 0.3) is 0 Å². The summed E-state index contributed by atoms with van der Waals surface area (Å²) in [5.74, 6) is 0.0370. The highest BCUT2D eigenvalue weighted by atomic mass is 16.3. The number of amides is 1. The van der Waals surface area contributed by atoms with Gasteiger partial charge in [-0.1, -0.05) is 31.0 Å². The average molecular weight is 276 g/mol. The number of hydrogen-bond donors (Lipinski definition) is 2. The first-order valence-electron chi connectivity index (χ1n) is 7.47. The predicted molar refractivity (Wildman–Crippen MR) is 79.6 cm³/mol. The third-order valence-corrected chi connectivity index (χ3v) is 4.03. The first kappa shape index (κ1) is 15.0. The maximum atomic E-state index is 12.8. The third-order valence-electron chi connectivity index (χ3n) is 4.03. The predicted octanol–water partition coefficient (Wildman–Crippen LogP) is 1.56. The van der Waals surface area contributed by atoms with E-state index in [-0.39, 0.29) is 18.6 Å². The highest BCUT2D eigenvalue weighted by Crippen LogP contribution is 2.25. The van der Waals surface area contributed by atoms with Gasteiger partial charge in [0.1, 0.15) is 0 Å². The lowest BCUT2D eigenvalue weighted by molar-refractivity contribution is 0.0637. The van der Waals surface area contributed by atoms with E-state index in [9.17, 15) is 9.90 Å².